The largest absolute Gasteiger partial charge is 0.417 e. The molecule has 0 unspecified atom stereocenters. The third-order valence-electron chi connectivity index (χ3n) is 4.73. The van der Waals surface area contributed by atoms with E-state index in [-0.39, 0.29) is 10.8 Å². The minimum Gasteiger partial charge on any atom is -0.311 e. The van der Waals surface area contributed by atoms with Gasteiger partial charge in [0.25, 0.3) is 0 Å². The fraction of sp³-hybridized carbons (Fsp3) is 0.0400. The fourth-order valence-electron chi connectivity index (χ4n) is 3.15. The van der Waals surface area contributed by atoms with Gasteiger partial charge in [-0.15, -0.1) is 0 Å². The minimum absolute atomic E-state index is 0.0388. The number of para-hydroxylation sites is 2. The molecule has 0 spiro atoms. The number of nitrogens with one attached hydrogen (secondary N) is 1. The topological polar surface area (TPSA) is 40.5 Å². The van der Waals surface area contributed by atoms with Gasteiger partial charge in [0.15, 0.2) is 5.82 Å². The molecule has 0 amide bonds. The number of hydrazone groups is 1. The molecule has 0 saturated carbocycles. The maximum Gasteiger partial charge on any atom is 0.417 e. The van der Waals surface area contributed by atoms with Crippen LogP contribution in [-0.4, -0.2) is 11.2 Å². The zero-order valence-corrected chi connectivity index (χ0v) is 17.9. The predicted molar refractivity (Wildman–Crippen MR) is 127 cm³/mol. The Bertz CT molecular complexity index is 1190. The summed E-state index contributed by atoms with van der Waals surface area (Å²) in [7, 11) is 0. The molecule has 0 atom stereocenters. The van der Waals surface area contributed by atoms with Gasteiger partial charge in [0, 0.05) is 23.3 Å². The normalized spacial score (nSPS) is 11.5. The molecule has 3 aromatic carbocycles. The molecule has 8 heteroatoms. The first-order valence-corrected chi connectivity index (χ1v) is 10.3. The van der Waals surface area contributed by atoms with E-state index < -0.39 is 11.7 Å². The number of halogens is 4. The van der Waals surface area contributed by atoms with Gasteiger partial charge in [-0.25, -0.2) is 4.98 Å². The van der Waals surface area contributed by atoms with Crippen molar-refractivity contribution in [3.05, 3.63) is 113 Å². The molecular formula is C25H18ClF3N4. The van der Waals surface area contributed by atoms with Gasteiger partial charge in [-0.2, -0.15) is 18.3 Å². The average Bonchev–Trinajstić information content (AvgIpc) is 2.82. The molecule has 0 aliphatic rings. The lowest BCUT2D eigenvalue weighted by Crippen LogP contribution is -2.09. The Morgan fingerprint density at radius 2 is 1.36 bits per heavy atom. The Morgan fingerprint density at radius 3 is 1.88 bits per heavy atom. The van der Waals surface area contributed by atoms with Crippen molar-refractivity contribution in [2.45, 2.75) is 6.18 Å². The molecule has 0 radical (unpaired) electrons. The number of pyridine rings is 1. The van der Waals surface area contributed by atoms with Gasteiger partial charge in [-0.1, -0.05) is 60.1 Å². The van der Waals surface area contributed by atoms with Crippen LogP contribution in [0.2, 0.25) is 5.02 Å². The number of hydrogen-bond acceptors (Lipinski definition) is 4. The van der Waals surface area contributed by atoms with Crippen LogP contribution in [0.25, 0.3) is 0 Å². The fourth-order valence-corrected chi connectivity index (χ4v) is 3.36. The van der Waals surface area contributed by atoms with Crippen LogP contribution < -0.4 is 10.3 Å². The summed E-state index contributed by atoms with van der Waals surface area (Å²) in [6.45, 7) is 0. The molecule has 33 heavy (non-hydrogen) atoms. The SMILES string of the molecule is FC(F)(F)c1cnc(N/N=C\c2ccc(N(c3ccccc3)c3ccccc3)cc2)c(Cl)c1. The van der Waals surface area contributed by atoms with Crippen LogP contribution in [0, 0.1) is 0 Å². The summed E-state index contributed by atoms with van der Waals surface area (Å²) in [4.78, 5) is 5.83. The number of hydrogen-bond donors (Lipinski definition) is 1. The Labute approximate surface area is 194 Å². The molecule has 0 aliphatic heterocycles. The van der Waals surface area contributed by atoms with Crippen molar-refractivity contribution in [2.75, 3.05) is 10.3 Å². The molecule has 0 bridgehead atoms. The van der Waals surface area contributed by atoms with Gasteiger partial charge in [0.05, 0.1) is 16.8 Å². The Balaban J connectivity index is 1.51. The van der Waals surface area contributed by atoms with Crippen LogP contribution in [0.1, 0.15) is 11.1 Å². The molecule has 4 rings (SSSR count). The van der Waals surface area contributed by atoms with Crippen LogP contribution in [0.4, 0.5) is 36.1 Å². The van der Waals surface area contributed by atoms with Crippen LogP contribution in [-0.2, 0) is 6.18 Å². The molecule has 1 aromatic heterocycles. The van der Waals surface area contributed by atoms with Gasteiger partial charge in [0.1, 0.15) is 0 Å². The molecule has 4 nitrogen and oxygen atoms in total. The quantitative estimate of drug-likeness (QED) is 0.234. The zero-order valence-electron chi connectivity index (χ0n) is 17.2. The molecular weight excluding hydrogens is 449 g/mol. The van der Waals surface area contributed by atoms with Crippen molar-refractivity contribution in [1.82, 2.24) is 4.98 Å². The number of rotatable bonds is 6. The number of aromatic nitrogens is 1. The van der Waals surface area contributed by atoms with Gasteiger partial charge in [-0.3, -0.25) is 5.43 Å². The first-order valence-electron chi connectivity index (χ1n) is 9.94. The molecule has 0 saturated heterocycles. The number of anilines is 4. The lowest BCUT2D eigenvalue weighted by atomic mass is 10.1. The van der Waals surface area contributed by atoms with Crippen molar-refractivity contribution in [1.29, 1.82) is 0 Å². The van der Waals surface area contributed by atoms with Gasteiger partial charge in [0.2, 0.25) is 0 Å². The predicted octanol–water partition coefficient (Wildman–Crippen LogP) is 7.67. The summed E-state index contributed by atoms with van der Waals surface area (Å²) in [5, 5.41) is 3.87. The van der Waals surface area contributed by atoms with Crippen molar-refractivity contribution in [3.8, 4) is 0 Å². The van der Waals surface area contributed by atoms with E-state index in [1.54, 1.807) is 0 Å². The molecule has 0 fully saturated rings. The van der Waals surface area contributed by atoms with E-state index in [0.29, 0.717) is 6.20 Å². The van der Waals surface area contributed by atoms with Crippen LogP contribution in [0.15, 0.2) is 102 Å². The maximum atomic E-state index is 12.7. The number of nitrogens with zero attached hydrogens (tertiary/aromatic N) is 3. The molecule has 0 aliphatic carbocycles. The summed E-state index contributed by atoms with van der Waals surface area (Å²) in [5.41, 5.74) is 5.46. The second-order valence-corrected chi connectivity index (χ2v) is 7.43. The van der Waals surface area contributed by atoms with E-state index in [4.69, 9.17) is 11.6 Å². The van der Waals surface area contributed by atoms with E-state index in [2.05, 4.69) is 20.4 Å². The Hall–Kier alpha value is -3.84. The molecule has 166 valence electrons. The first kappa shape index (κ1) is 22.4. The average molecular weight is 467 g/mol. The van der Waals surface area contributed by atoms with Crippen molar-refractivity contribution in [3.63, 3.8) is 0 Å². The highest BCUT2D eigenvalue weighted by Gasteiger charge is 2.31. The van der Waals surface area contributed by atoms with E-state index in [1.807, 2.05) is 84.9 Å². The van der Waals surface area contributed by atoms with E-state index in [9.17, 15) is 13.2 Å². The number of alkyl halides is 3. The maximum absolute atomic E-state index is 12.7. The number of benzene rings is 3. The van der Waals surface area contributed by atoms with Crippen LogP contribution in [0.3, 0.4) is 0 Å². The monoisotopic (exact) mass is 466 g/mol. The standard InChI is InChI=1S/C25H18ClF3N4/c26-23-15-19(25(27,28)29)17-30-24(23)32-31-16-18-11-13-22(14-12-18)33(20-7-3-1-4-8-20)21-9-5-2-6-10-21/h1-17H,(H,30,32)/b31-16-. The van der Waals surface area contributed by atoms with Crippen LogP contribution in [0.5, 0.6) is 0 Å². The Morgan fingerprint density at radius 1 is 0.818 bits per heavy atom. The van der Waals surface area contributed by atoms with Crippen LogP contribution >= 0.6 is 11.6 Å². The van der Waals surface area contributed by atoms with Gasteiger partial charge < -0.3 is 4.90 Å². The summed E-state index contributed by atoms with van der Waals surface area (Å²) in [6, 6.07) is 28.5. The summed E-state index contributed by atoms with van der Waals surface area (Å²) in [5.74, 6) is 0.0388. The molecule has 1 N–H and O–H groups in total. The highest BCUT2D eigenvalue weighted by Crippen LogP contribution is 2.34. The highest BCUT2D eigenvalue weighted by atomic mass is 35.5. The van der Waals surface area contributed by atoms with Crippen molar-refractivity contribution in [2.24, 2.45) is 5.10 Å². The second kappa shape index (κ2) is 9.75. The minimum atomic E-state index is -4.51. The van der Waals surface area contributed by atoms with Crippen molar-refractivity contribution < 1.29 is 13.2 Å². The van der Waals surface area contributed by atoms with Gasteiger partial charge >= 0.3 is 6.18 Å². The van der Waals surface area contributed by atoms with E-state index >= 15 is 0 Å². The lowest BCUT2D eigenvalue weighted by molar-refractivity contribution is -0.137. The van der Waals surface area contributed by atoms with E-state index in [1.165, 1.54) is 6.21 Å². The summed E-state index contributed by atoms with van der Waals surface area (Å²) in [6.07, 6.45) is -2.26. The third-order valence-corrected chi connectivity index (χ3v) is 5.02. The second-order valence-electron chi connectivity index (χ2n) is 7.02. The smallest absolute Gasteiger partial charge is 0.311 e. The zero-order chi connectivity index (χ0) is 23.3. The van der Waals surface area contributed by atoms with Crippen molar-refractivity contribution >= 4 is 40.7 Å². The van der Waals surface area contributed by atoms with Gasteiger partial charge in [-0.05, 0) is 48.0 Å². The third kappa shape index (κ3) is 5.51. The molecule has 4 aromatic rings. The first-order chi connectivity index (χ1) is 15.9. The summed E-state index contributed by atoms with van der Waals surface area (Å²) < 4.78 is 38.2. The Kier molecular flexibility index (Phi) is 6.60. The van der Waals surface area contributed by atoms with E-state index in [0.717, 1.165) is 28.7 Å². The lowest BCUT2D eigenvalue weighted by Gasteiger charge is -2.25. The highest BCUT2D eigenvalue weighted by molar-refractivity contribution is 6.33. The summed E-state index contributed by atoms with van der Waals surface area (Å²) >= 11 is 5.88. The molecule has 1 heterocycles.